The smallest absolute Gasteiger partial charge is 0.0537 e. The summed E-state index contributed by atoms with van der Waals surface area (Å²) in [6.07, 6.45) is 4.69. The van der Waals surface area contributed by atoms with Crippen molar-refractivity contribution >= 4 is 0 Å². The fourth-order valence-corrected chi connectivity index (χ4v) is 2.01. The molecule has 2 N–H and O–H groups in total. The summed E-state index contributed by atoms with van der Waals surface area (Å²) in [5.74, 6) is 0. The Morgan fingerprint density at radius 1 is 1.35 bits per heavy atom. The van der Waals surface area contributed by atoms with Crippen LogP contribution in [-0.2, 0) is 13.5 Å². The summed E-state index contributed by atoms with van der Waals surface area (Å²) in [6.45, 7) is 4.24. The minimum absolute atomic E-state index is 0.0178. The largest absolute Gasteiger partial charge is 0.324 e. The highest BCUT2D eigenvalue weighted by atomic mass is 15.2. The second-order valence-electron chi connectivity index (χ2n) is 4.69. The van der Waals surface area contributed by atoms with Crippen LogP contribution in [0.15, 0.2) is 30.6 Å². The number of hydrogen-bond donors (Lipinski definition) is 1. The van der Waals surface area contributed by atoms with Crippen LogP contribution in [0.3, 0.4) is 0 Å². The summed E-state index contributed by atoms with van der Waals surface area (Å²) in [7, 11) is 1.91. The molecule has 2 aromatic rings. The number of hydrogen-bond acceptors (Lipinski definition) is 2. The molecule has 0 saturated carbocycles. The highest BCUT2D eigenvalue weighted by molar-refractivity contribution is 5.32. The van der Waals surface area contributed by atoms with Crippen LogP contribution in [0.1, 0.15) is 28.3 Å². The van der Waals surface area contributed by atoms with E-state index in [-0.39, 0.29) is 6.04 Å². The van der Waals surface area contributed by atoms with E-state index in [0.717, 1.165) is 12.0 Å². The van der Waals surface area contributed by atoms with Gasteiger partial charge in [0.2, 0.25) is 0 Å². The van der Waals surface area contributed by atoms with Crippen molar-refractivity contribution in [1.29, 1.82) is 0 Å². The Kier molecular flexibility index (Phi) is 3.29. The third kappa shape index (κ3) is 2.74. The predicted octanol–water partition coefficient (Wildman–Crippen LogP) is 2.28. The van der Waals surface area contributed by atoms with Gasteiger partial charge in [-0.25, -0.2) is 0 Å². The molecule has 0 radical (unpaired) electrons. The average Bonchev–Trinajstić information content (AvgIpc) is 2.70. The van der Waals surface area contributed by atoms with E-state index in [2.05, 4.69) is 37.1 Å². The van der Waals surface area contributed by atoms with Gasteiger partial charge in [-0.3, -0.25) is 4.68 Å². The lowest BCUT2D eigenvalue weighted by atomic mass is 9.97. The maximum Gasteiger partial charge on any atom is 0.0537 e. The summed E-state index contributed by atoms with van der Waals surface area (Å²) >= 11 is 0. The standard InChI is InChI=1S/C14H19N3/c1-10-4-5-11(2)12(6-10)7-14(15)13-8-16-17(3)9-13/h4-6,8-9,14H,7,15H2,1-3H3. The molecule has 1 atom stereocenters. The Morgan fingerprint density at radius 2 is 2.12 bits per heavy atom. The quantitative estimate of drug-likeness (QED) is 0.877. The van der Waals surface area contributed by atoms with E-state index in [4.69, 9.17) is 5.73 Å². The van der Waals surface area contributed by atoms with Gasteiger partial charge in [-0.05, 0) is 31.4 Å². The van der Waals surface area contributed by atoms with Crippen LogP contribution in [-0.4, -0.2) is 9.78 Å². The number of benzene rings is 1. The van der Waals surface area contributed by atoms with Crippen LogP contribution in [0.5, 0.6) is 0 Å². The molecule has 0 amide bonds. The summed E-state index contributed by atoms with van der Waals surface area (Å²) in [5, 5.41) is 4.16. The molecule has 17 heavy (non-hydrogen) atoms. The lowest BCUT2D eigenvalue weighted by Crippen LogP contribution is -2.13. The van der Waals surface area contributed by atoms with E-state index in [1.54, 1.807) is 4.68 Å². The average molecular weight is 229 g/mol. The van der Waals surface area contributed by atoms with Crippen molar-refractivity contribution < 1.29 is 0 Å². The summed E-state index contributed by atoms with van der Waals surface area (Å²) < 4.78 is 1.79. The molecule has 2 rings (SSSR count). The molecule has 3 heteroatoms. The third-order valence-corrected chi connectivity index (χ3v) is 3.10. The molecular weight excluding hydrogens is 210 g/mol. The molecule has 1 heterocycles. The third-order valence-electron chi connectivity index (χ3n) is 3.10. The zero-order chi connectivity index (χ0) is 12.4. The minimum Gasteiger partial charge on any atom is -0.324 e. The van der Waals surface area contributed by atoms with Gasteiger partial charge < -0.3 is 5.73 Å². The highest BCUT2D eigenvalue weighted by Crippen LogP contribution is 2.19. The van der Waals surface area contributed by atoms with Crippen molar-refractivity contribution in [1.82, 2.24) is 9.78 Å². The van der Waals surface area contributed by atoms with Crippen LogP contribution < -0.4 is 5.73 Å². The van der Waals surface area contributed by atoms with E-state index < -0.39 is 0 Å². The molecule has 3 nitrogen and oxygen atoms in total. The predicted molar refractivity (Wildman–Crippen MR) is 69.8 cm³/mol. The number of rotatable bonds is 3. The normalized spacial score (nSPS) is 12.7. The van der Waals surface area contributed by atoms with E-state index in [0.29, 0.717) is 0 Å². The van der Waals surface area contributed by atoms with Gasteiger partial charge in [0.25, 0.3) is 0 Å². The van der Waals surface area contributed by atoms with Crippen molar-refractivity contribution in [3.05, 3.63) is 52.8 Å². The Bertz CT molecular complexity index is 514. The number of nitrogens with zero attached hydrogens (tertiary/aromatic N) is 2. The maximum atomic E-state index is 6.21. The second kappa shape index (κ2) is 4.72. The van der Waals surface area contributed by atoms with Gasteiger partial charge >= 0.3 is 0 Å². The van der Waals surface area contributed by atoms with Crippen molar-refractivity contribution in [3.8, 4) is 0 Å². The summed E-state index contributed by atoms with van der Waals surface area (Å²) in [4.78, 5) is 0. The van der Waals surface area contributed by atoms with Gasteiger partial charge in [0.05, 0.1) is 6.20 Å². The number of aryl methyl sites for hydroxylation is 3. The van der Waals surface area contributed by atoms with Gasteiger partial charge in [-0.15, -0.1) is 0 Å². The lowest BCUT2D eigenvalue weighted by Gasteiger charge is -2.12. The summed E-state index contributed by atoms with van der Waals surface area (Å²) in [5.41, 5.74) is 11.2. The van der Waals surface area contributed by atoms with Crippen LogP contribution >= 0.6 is 0 Å². The van der Waals surface area contributed by atoms with Gasteiger partial charge in [0.1, 0.15) is 0 Å². The molecule has 0 bridgehead atoms. The highest BCUT2D eigenvalue weighted by Gasteiger charge is 2.10. The van der Waals surface area contributed by atoms with Gasteiger partial charge in [-0.2, -0.15) is 5.10 Å². The van der Waals surface area contributed by atoms with Gasteiger partial charge in [0, 0.05) is 24.8 Å². The number of aromatic nitrogens is 2. The monoisotopic (exact) mass is 229 g/mol. The zero-order valence-corrected chi connectivity index (χ0v) is 10.6. The Morgan fingerprint density at radius 3 is 2.76 bits per heavy atom. The first-order chi connectivity index (χ1) is 8.06. The van der Waals surface area contributed by atoms with Crippen LogP contribution in [0, 0.1) is 13.8 Å². The molecule has 1 aromatic heterocycles. The van der Waals surface area contributed by atoms with E-state index >= 15 is 0 Å². The molecule has 0 spiro atoms. The molecule has 90 valence electrons. The molecular formula is C14H19N3. The SMILES string of the molecule is Cc1ccc(C)c(CC(N)c2cnn(C)c2)c1. The second-order valence-corrected chi connectivity index (χ2v) is 4.69. The first-order valence-electron chi connectivity index (χ1n) is 5.86. The van der Waals surface area contributed by atoms with Gasteiger partial charge in [-0.1, -0.05) is 23.8 Å². The van der Waals surface area contributed by atoms with Crippen LogP contribution in [0.2, 0.25) is 0 Å². The molecule has 0 aliphatic heterocycles. The summed E-state index contributed by atoms with van der Waals surface area (Å²) in [6, 6.07) is 6.52. The number of nitrogens with two attached hydrogens (primary N) is 1. The molecule has 0 saturated heterocycles. The molecule has 1 unspecified atom stereocenters. The molecule has 1 aromatic carbocycles. The van der Waals surface area contributed by atoms with Gasteiger partial charge in [0.15, 0.2) is 0 Å². The molecule has 0 fully saturated rings. The van der Waals surface area contributed by atoms with Crippen molar-refractivity contribution in [2.75, 3.05) is 0 Å². The molecule has 0 aliphatic carbocycles. The van der Waals surface area contributed by atoms with Crippen LogP contribution in [0.4, 0.5) is 0 Å². The van der Waals surface area contributed by atoms with Crippen molar-refractivity contribution in [3.63, 3.8) is 0 Å². The Balaban J connectivity index is 2.18. The first kappa shape index (κ1) is 11.9. The lowest BCUT2D eigenvalue weighted by molar-refractivity contribution is 0.714. The van der Waals surface area contributed by atoms with E-state index in [1.165, 1.54) is 16.7 Å². The minimum atomic E-state index is 0.0178. The fourth-order valence-electron chi connectivity index (χ4n) is 2.01. The zero-order valence-electron chi connectivity index (χ0n) is 10.6. The topological polar surface area (TPSA) is 43.8 Å². The van der Waals surface area contributed by atoms with Crippen molar-refractivity contribution in [2.24, 2.45) is 12.8 Å². The van der Waals surface area contributed by atoms with E-state index in [9.17, 15) is 0 Å². The fraction of sp³-hybridized carbons (Fsp3) is 0.357. The van der Waals surface area contributed by atoms with E-state index in [1.807, 2.05) is 19.4 Å². The maximum absolute atomic E-state index is 6.21. The Hall–Kier alpha value is -1.61. The van der Waals surface area contributed by atoms with Crippen molar-refractivity contribution in [2.45, 2.75) is 26.3 Å². The molecule has 0 aliphatic rings. The Labute approximate surface area is 102 Å². The first-order valence-corrected chi connectivity index (χ1v) is 5.86. The van der Waals surface area contributed by atoms with Crippen LogP contribution in [0.25, 0.3) is 0 Å².